The largest absolute Gasteiger partial charge is 0.396 e. The highest BCUT2D eigenvalue weighted by atomic mass is 16.3. The summed E-state index contributed by atoms with van der Waals surface area (Å²) in [6, 6.07) is 8.35. The zero-order chi connectivity index (χ0) is 17.8. The van der Waals surface area contributed by atoms with Gasteiger partial charge in [-0.05, 0) is 50.4 Å². The molecule has 0 radical (unpaired) electrons. The Kier molecular flexibility index (Phi) is 6.10. The first-order chi connectivity index (χ1) is 12.1. The van der Waals surface area contributed by atoms with Crippen LogP contribution >= 0.6 is 0 Å². The van der Waals surface area contributed by atoms with Gasteiger partial charge in [0.25, 0.3) is 5.91 Å². The van der Waals surface area contributed by atoms with Crippen molar-refractivity contribution in [1.82, 2.24) is 14.7 Å². The molecule has 2 atom stereocenters. The number of piperidine rings is 1. The van der Waals surface area contributed by atoms with E-state index in [9.17, 15) is 9.90 Å². The van der Waals surface area contributed by atoms with Crippen molar-refractivity contribution >= 4 is 5.91 Å². The van der Waals surface area contributed by atoms with Crippen molar-refractivity contribution < 1.29 is 9.90 Å². The van der Waals surface area contributed by atoms with Crippen LogP contribution in [0, 0.1) is 5.92 Å². The van der Waals surface area contributed by atoms with Crippen LogP contribution in [0.1, 0.15) is 35.7 Å². The number of likely N-dealkylation sites (N-methyl/N-ethyl adjacent to an activating group) is 1. The highest BCUT2D eigenvalue weighted by Gasteiger charge is 2.29. The van der Waals surface area contributed by atoms with E-state index in [0.717, 1.165) is 51.1 Å². The first kappa shape index (κ1) is 18.4. The fraction of sp³-hybridized carbons (Fsp3) is 0.650. The topological polar surface area (TPSA) is 47.0 Å². The number of hydrogen-bond donors (Lipinski definition) is 1. The highest BCUT2D eigenvalue weighted by molar-refractivity contribution is 5.94. The molecule has 138 valence electrons. The van der Waals surface area contributed by atoms with Crippen molar-refractivity contribution in [1.29, 1.82) is 0 Å². The van der Waals surface area contributed by atoms with E-state index < -0.39 is 0 Å². The smallest absolute Gasteiger partial charge is 0.254 e. The molecule has 0 aliphatic carbocycles. The molecule has 2 fully saturated rings. The van der Waals surface area contributed by atoms with Crippen LogP contribution in [0.25, 0.3) is 0 Å². The first-order valence-corrected chi connectivity index (χ1v) is 9.48. The van der Waals surface area contributed by atoms with Crippen LogP contribution in [0.2, 0.25) is 0 Å². The number of likely N-dealkylation sites (tertiary alicyclic amines) is 1. The molecule has 2 heterocycles. The second kappa shape index (κ2) is 8.30. The quantitative estimate of drug-likeness (QED) is 0.902. The molecule has 0 aromatic heterocycles. The Morgan fingerprint density at radius 2 is 1.80 bits per heavy atom. The summed E-state index contributed by atoms with van der Waals surface area (Å²) in [6.07, 6.45) is 1.98. The second-order valence-corrected chi connectivity index (χ2v) is 7.71. The van der Waals surface area contributed by atoms with Crippen molar-refractivity contribution in [2.75, 3.05) is 46.4 Å². The Labute approximate surface area is 151 Å². The van der Waals surface area contributed by atoms with Crippen LogP contribution in [0.4, 0.5) is 0 Å². The molecule has 0 spiro atoms. The molecule has 1 N–H and O–H groups in total. The van der Waals surface area contributed by atoms with Crippen LogP contribution < -0.4 is 0 Å². The van der Waals surface area contributed by atoms with E-state index in [4.69, 9.17) is 0 Å². The molecule has 2 unspecified atom stereocenters. The molecule has 2 aliphatic heterocycles. The van der Waals surface area contributed by atoms with Crippen molar-refractivity contribution in [2.24, 2.45) is 5.92 Å². The van der Waals surface area contributed by atoms with Gasteiger partial charge < -0.3 is 14.9 Å². The van der Waals surface area contributed by atoms with Crippen molar-refractivity contribution in [3.63, 3.8) is 0 Å². The maximum absolute atomic E-state index is 12.8. The average molecular weight is 345 g/mol. The predicted molar refractivity (Wildman–Crippen MR) is 99.5 cm³/mol. The minimum absolute atomic E-state index is 0.0943. The van der Waals surface area contributed by atoms with E-state index >= 15 is 0 Å². The maximum atomic E-state index is 12.8. The summed E-state index contributed by atoms with van der Waals surface area (Å²) in [4.78, 5) is 19.6. The van der Waals surface area contributed by atoms with Crippen LogP contribution in [0.5, 0.6) is 0 Å². The second-order valence-electron chi connectivity index (χ2n) is 7.71. The van der Waals surface area contributed by atoms with E-state index in [2.05, 4.69) is 35.9 Å². The van der Waals surface area contributed by atoms with Crippen molar-refractivity contribution in [3.05, 3.63) is 35.4 Å². The van der Waals surface area contributed by atoms with Gasteiger partial charge in [-0.3, -0.25) is 9.69 Å². The van der Waals surface area contributed by atoms with E-state index in [1.165, 1.54) is 5.56 Å². The monoisotopic (exact) mass is 345 g/mol. The summed E-state index contributed by atoms with van der Waals surface area (Å²) in [5, 5.41) is 9.41. The van der Waals surface area contributed by atoms with Gasteiger partial charge in [-0.1, -0.05) is 12.1 Å². The number of rotatable bonds is 4. The number of aliphatic hydroxyl groups is 1. The third-order valence-corrected chi connectivity index (χ3v) is 5.70. The van der Waals surface area contributed by atoms with Crippen molar-refractivity contribution in [2.45, 2.75) is 32.4 Å². The number of amides is 1. The number of piperazine rings is 1. The number of hydrogen-bond acceptors (Lipinski definition) is 4. The van der Waals surface area contributed by atoms with Gasteiger partial charge in [0, 0.05) is 57.5 Å². The zero-order valence-electron chi connectivity index (χ0n) is 15.5. The minimum Gasteiger partial charge on any atom is -0.396 e. The summed E-state index contributed by atoms with van der Waals surface area (Å²) in [7, 11) is 2.17. The normalized spacial score (nSPS) is 26.0. The van der Waals surface area contributed by atoms with E-state index in [1.54, 1.807) is 0 Å². The fourth-order valence-electron chi connectivity index (χ4n) is 3.80. The maximum Gasteiger partial charge on any atom is 0.254 e. The van der Waals surface area contributed by atoms with Gasteiger partial charge in [0.1, 0.15) is 0 Å². The van der Waals surface area contributed by atoms with Crippen LogP contribution in [-0.2, 0) is 6.54 Å². The van der Waals surface area contributed by atoms with Crippen LogP contribution in [-0.4, -0.2) is 78.1 Å². The molecule has 1 aromatic rings. The van der Waals surface area contributed by atoms with Crippen molar-refractivity contribution in [3.8, 4) is 0 Å². The van der Waals surface area contributed by atoms with Gasteiger partial charge in [0.15, 0.2) is 0 Å². The molecule has 25 heavy (non-hydrogen) atoms. The number of nitrogens with zero attached hydrogens (tertiary/aromatic N) is 3. The summed E-state index contributed by atoms with van der Waals surface area (Å²) in [5.41, 5.74) is 2.02. The third-order valence-electron chi connectivity index (χ3n) is 5.70. The lowest BCUT2D eigenvalue weighted by molar-refractivity contribution is 0.0489. The molecular weight excluding hydrogens is 314 g/mol. The van der Waals surface area contributed by atoms with Gasteiger partial charge >= 0.3 is 0 Å². The zero-order valence-corrected chi connectivity index (χ0v) is 15.5. The van der Waals surface area contributed by atoms with Gasteiger partial charge in [0.2, 0.25) is 0 Å². The Morgan fingerprint density at radius 3 is 2.44 bits per heavy atom. The Hall–Kier alpha value is -1.43. The Balaban J connectivity index is 1.60. The standard InChI is InChI=1S/C20H31N3O2/c1-16-3-4-18(15-24)14-23(16)20(25)19-7-5-17(6-8-19)13-22-11-9-21(2)10-12-22/h5-8,16,18,24H,3-4,9-15H2,1-2H3. The lowest BCUT2D eigenvalue weighted by Gasteiger charge is -2.37. The average Bonchev–Trinajstić information content (AvgIpc) is 2.64. The summed E-state index contributed by atoms with van der Waals surface area (Å²) in [5.74, 6) is 0.313. The molecule has 0 saturated carbocycles. The SMILES string of the molecule is CC1CCC(CO)CN1C(=O)c1ccc(CN2CCN(C)CC2)cc1. The van der Waals surface area contributed by atoms with Gasteiger partial charge in [0.05, 0.1) is 0 Å². The van der Waals surface area contributed by atoms with Gasteiger partial charge in [-0.25, -0.2) is 0 Å². The predicted octanol–water partition coefficient (Wildman–Crippen LogP) is 1.67. The van der Waals surface area contributed by atoms with E-state index in [1.807, 2.05) is 17.0 Å². The molecule has 1 aromatic carbocycles. The lowest BCUT2D eigenvalue weighted by atomic mass is 9.93. The molecular formula is C20H31N3O2. The molecule has 5 nitrogen and oxygen atoms in total. The number of aliphatic hydroxyl groups excluding tert-OH is 1. The third kappa shape index (κ3) is 4.60. The van der Waals surface area contributed by atoms with Gasteiger partial charge in [-0.15, -0.1) is 0 Å². The molecule has 0 bridgehead atoms. The van der Waals surface area contributed by atoms with Crippen LogP contribution in [0.15, 0.2) is 24.3 Å². The summed E-state index contributed by atoms with van der Waals surface area (Å²) in [6.45, 7) is 8.34. The molecule has 2 aliphatic rings. The Morgan fingerprint density at radius 1 is 1.12 bits per heavy atom. The lowest BCUT2D eigenvalue weighted by Crippen LogP contribution is -2.46. The highest BCUT2D eigenvalue weighted by Crippen LogP contribution is 2.23. The van der Waals surface area contributed by atoms with Crippen LogP contribution in [0.3, 0.4) is 0 Å². The van der Waals surface area contributed by atoms with E-state index in [-0.39, 0.29) is 24.5 Å². The number of carbonyl (C=O) groups excluding carboxylic acids is 1. The fourth-order valence-corrected chi connectivity index (χ4v) is 3.80. The first-order valence-electron chi connectivity index (χ1n) is 9.48. The Bertz CT molecular complexity index is 567. The molecule has 5 heteroatoms. The number of carbonyl (C=O) groups is 1. The minimum atomic E-state index is 0.0943. The summed E-state index contributed by atoms with van der Waals surface area (Å²) >= 11 is 0. The summed E-state index contributed by atoms with van der Waals surface area (Å²) < 4.78 is 0. The molecule has 2 saturated heterocycles. The molecule has 1 amide bonds. The number of benzene rings is 1. The van der Waals surface area contributed by atoms with E-state index in [0.29, 0.717) is 6.54 Å². The molecule has 3 rings (SSSR count). The van der Waals surface area contributed by atoms with Gasteiger partial charge in [-0.2, -0.15) is 0 Å².